The summed E-state index contributed by atoms with van der Waals surface area (Å²) >= 11 is 3.95. The van der Waals surface area contributed by atoms with Crippen molar-refractivity contribution in [2.24, 2.45) is 0 Å². The third-order valence-corrected chi connectivity index (χ3v) is 4.49. The molecule has 0 radical (unpaired) electrons. The Morgan fingerprint density at radius 1 is 1.07 bits per heavy atom. The molecule has 0 spiro atoms. The molecule has 1 fully saturated rings. The maximum absolute atomic E-state index is 3.95. The molecule has 0 N–H and O–H groups in total. The van der Waals surface area contributed by atoms with Crippen LogP contribution in [0.4, 0.5) is 0 Å². The van der Waals surface area contributed by atoms with Crippen molar-refractivity contribution in [3.63, 3.8) is 0 Å². The van der Waals surface area contributed by atoms with E-state index >= 15 is 0 Å². The molecule has 0 unspecified atom stereocenters. The maximum Gasteiger partial charge on any atom is 0.0508 e. The van der Waals surface area contributed by atoms with Crippen LogP contribution in [0.2, 0.25) is 0 Å². The van der Waals surface area contributed by atoms with E-state index in [0.717, 1.165) is 0 Å². The summed E-state index contributed by atoms with van der Waals surface area (Å²) in [5, 5.41) is 0. The lowest BCUT2D eigenvalue weighted by Crippen LogP contribution is -2.22. The Hall–Kier alpha value is -0.300. The van der Waals surface area contributed by atoms with Gasteiger partial charge in [0, 0.05) is 0 Å². The van der Waals surface area contributed by atoms with Crippen molar-refractivity contribution in [1.82, 2.24) is 0 Å². The first-order chi connectivity index (χ1) is 6.72. The Bertz CT molecular complexity index is 311. The first-order valence-electron chi connectivity index (χ1n) is 5.47. The van der Waals surface area contributed by atoms with Crippen LogP contribution in [0.5, 0.6) is 0 Å². The highest BCUT2D eigenvalue weighted by Crippen LogP contribution is 2.45. The van der Waals surface area contributed by atoms with Crippen LogP contribution in [0.3, 0.4) is 0 Å². The topological polar surface area (TPSA) is 0 Å². The van der Waals surface area contributed by atoms with Gasteiger partial charge in [-0.2, -0.15) is 0 Å². The molecule has 1 aliphatic carbocycles. The summed E-state index contributed by atoms with van der Waals surface area (Å²) in [6.07, 6.45) is 6.70. The maximum atomic E-state index is 3.95. The smallest absolute Gasteiger partial charge is 0.0508 e. The molecular formula is C13H17Br. The second-order valence-electron chi connectivity index (χ2n) is 4.34. The van der Waals surface area contributed by atoms with Gasteiger partial charge >= 0.3 is 0 Å². The van der Waals surface area contributed by atoms with Crippen molar-refractivity contribution in [1.29, 1.82) is 0 Å². The van der Waals surface area contributed by atoms with Gasteiger partial charge < -0.3 is 0 Å². The number of rotatable bonds is 1. The molecular weight excluding hydrogens is 236 g/mol. The predicted molar refractivity (Wildman–Crippen MR) is 64.9 cm³/mol. The van der Waals surface area contributed by atoms with Crippen LogP contribution in [0.1, 0.15) is 43.2 Å². The quantitative estimate of drug-likeness (QED) is 0.644. The molecule has 76 valence electrons. The largest absolute Gasteiger partial charge is 0.0801 e. The van der Waals surface area contributed by atoms with Crippen LogP contribution in [0, 0.1) is 6.92 Å². The summed E-state index contributed by atoms with van der Waals surface area (Å²) in [6.45, 7) is 2.22. The van der Waals surface area contributed by atoms with Crippen LogP contribution >= 0.6 is 15.9 Å². The molecule has 0 heterocycles. The minimum Gasteiger partial charge on any atom is -0.0801 e. The van der Waals surface area contributed by atoms with Crippen LogP contribution in [0.15, 0.2) is 24.3 Å². The van der Waals surface area contributed by atoms with Crippen molar-refractivity contribution in [3.8, 4) is 0 Å². The summed E-state index contributed by atoms with van der Waals surface area (Å²) in [7, 11) is 0. The molecule has 0 nitrogen and oxygen atoms in total. The van der Waals surface area contributed by atoms with Crippen molar-refractivity contribution in [2.45, 2.75) is 43.4 Å². The van der Waals surface area contributed by atoms with E-state index < -0.39 is 0 Å². The van der Waals surface area contributed by atoms with E-state index in [1.54, 1.807) is 0 Å². The minimum atomic E-state index is 0.274. The van der Waals surface area contributed by atoms with Gasteiger partial charge in [0.05, 0.1) is 4.32 Å². The van der Waals surface area contributed by atoms with Crippen molar-refractivity contribution >= 4 is 15.9 Å². The number of benzene rings is 1. The molecule has 1 saturated carbocycles. The summed E-state index contributed by atoms with van der Waals surface area (Å²) in [4.78, 5) is 0. The molecule has 1 aliphatic rings. The lowest BCUT2D eigenvalue weighted by Gasteiger charge is -2.33. The third kappa shape index (κ3) is 1.88. The molecule has 1 heteroatoms. The van der Waals surface area contributed by atoms with Crippen molar-refractivity contribution < 1.29 is 0 Å². The third-order valence-electron chi connectivity index (χ3n) is 3.27. The molecule has 1 aromatic carbocycles. The molecule has 0 aliphatic heterocycles. The van der Waals surface area contributed by atoms with Gasteiger partial charge in [-0.05, 0) is 30.9 Å². The number of aryl methyl sites for hydroxylation is 1. The zero-order chi connectivity index (χ0) is 10.0. The van der Waals surface area contributed by atoms with Gasteiger partial charge in [0.2, 0.25) is 0 Å². The van der Waals surface area contributed by atoms with E-state index in [9.17, 15) is 0 Å². The van der Waals surface area contributed by atoms with Gasteiger partial charge in [-0.3, -0.25) is 0 Å². The molecule has 14 heavy (non-hydrogen) atoms. The Kier molecular flexibility index (Phi) is 2.96. The van der Waals surface area contributed by atoms with Gasteiger partial charge in [-0.25, -0.2) is 0 Å². The van der Waals surface area contributed by atoms with Crippen molar-refractivity contribution in [2.75, 3.05) is 0 Å². The van der Waals surface area contributed by atoms with Crippen LogP contribution in [-0.2, 0) is 4.32 Å². The highest BCUT2D eigenvalue weighted by atomic mass is 79.9. The molecule has 0 bridgehead atoms. The number of hydrogen-bond donors (Lipinski definition) is 0. The predicted octanol–water partition coefficient (Wildman–Crippen LogP) is 4.55. The Morgan fingerprint density at radius 3 is 2.36 bits per heavy atom. The first-order valence-corrected chi connectivity index (χ1v) is 6.27. The van der Waals surface area contributed by atoms with E-state index in [2.05, 4.69) is 47.1 Å². The second kappa shape index (κ2) is 4.06. The lowest BCUT2D eigenvalue weighted by molar-refractivity contribution is 0.414. The fourth-order valence-electron chi connectivity index (χ4n) is 2.46. The van der Waals surface area contributed by atoms with E-state index in [4.69, 9.17) is 0 Å². The Balaban J connectivity index is 2.32. The van der Waals surface area contributed by atoms with Crippen LogP contribution < -0.4 is 0 Å². The average Bonchev–Trinajstić information content (AvgIpc) is 2.19. The van der Waals surface area contributed by atoms with Crippen molar-refractivity contribution in [3.05, 3.63) is 35.4 Å². The molecule has 0 atom stereocenters. The summed E-state index contributed by atoms with van der Waals surface area (Å²) in [5.74, 6) is 0. The molecule has 1 aromatic rings. The minimum absolute atomic E-state index is 0.274. The van der Waals surface area contributed by atoms with Gasteiger partial charge in [0.1, 0.15) is 0 Å². The number of alkyl halides is 1. The highest BCUT2D eigenvalue weighted by Gasteiger charge is 2.31. The Labute approximate surface area is 94.8 Å². The molecule has 0 amide bonds. The highest BCUT2D eigenvalue weighted by molar-refractivity contribution is 9.09. The summed E-state index contributed by atoms with van der Waals surface area (Å²) in [5.41, 5.74) is 2.92. The monoisotopic (exact) mass is 252 g/mol. The fraction of sp³-hybridized carbons (Fsp3) is 0.538. The Morgan fingerprint density at radius 2 is 1.71 bits per heavy atom. The van der Waals surface area contributed by atoms with E-state index in [-0.39, 0.29) is 4.32 Å². The lowest BCUT2D eigenvalue weighted by atomic mass is 9.82. The molecule has 0 aromatic heterocycles. The number of hydrogen-bond acceptors (Lipinski definition) is 0. The normalized spacial score (nSPS) is 20.7. The van der Waals surface area contributed by atoms with Gasteiger partial charge in [-0.15, -0.1) is 0 Å². The molecule has 0 saturated heterocycles. The average molecular weight is 253 g/mol. The van der Waals surface area contributed by atoms with Gasteiger partial charge in [0.25, 0.3) is 0 Å². The van der Waals surface area contributed by atoms with Crippen LogP contribution in [-0.4, -0.2) is 0 Å². The summed E-state index contributed by atoms with van der Waals surface area (Å²) < 4.78 is 0.274. The van der Waals surface area contributed by atoms with Gasteiger partial charge in [-0.1, -0.05) is 59.5 Å². The second-order valence-corrected chi connectivity index (χ2v) is 5.86. The zero-order valence-electron chi connectivity index (χ0n) is 8.72. The fourth-order valence-corrected chi connectivity index (χ4v) is 3.46. The van der Waals surface area contributed by atoms with E-state index in [1.165, 1.54) is 43.2 Å². The molecule has 2 rings (SSSR count). The zero-order valence-corrected chi connectivity index (χ0v) is 10.3. The first kappa shape index (κ1) is 10.2. The van der Waals surface area contributed by atoms with Crippen LogP contribution in [0.25, 0.3) is 0 Å². The van der Waals surface area contributed by atoms with E-state index in [1.807, 2.05) is 0 Å². The van der Waals surface area contributed by atoms with E-state index in [0.29, 0.717) is 0 Å². The summed E-state index contributed by atoms with van der Waals surface area (Å²) in [6, 6.07) is 8.76. The standard InChI is InChI=1S/C13H17Br/c1-11-7-3-4-8-12(11)13(14)9-5-2-6-10-13/h3-4,7-8H,2,5-6,9-10H2,1H3. The van der Waals surface area contributed by atoms with Gasteiger partial charge in [0.15, 0.2) is 0 Å². The number of halogens is 1. The SMILES string of the molecule is Cc1ccccc1C1(Br)CCCCC1.